The maximum Gasteiger partial charge on any atom is 0.338 e. The molecule has 2 atom stereocenters. The van der Waals surface area contributed by atoms with Crippen molar-refractivity contribution in [1.29, 1.82) is 0 Å². The van der Waals surface area contributed by atoms with Gasteiger partial charge in [-0.25, -0.2) is 9.59 Å². The van der Waals surface area contributed by atoms with Crippen LogP contribution in [0.25, 0.3) is 6.08 Å². The van der Waals surface area contributed by atoms with Gasteiger partial charge in [0.2, 0.25) is 0 Å². The molecule has 0 aliphatic carbocycles. The second-order valence-electron chi connectivity index (χ2n) is 10.2. The molecule has 1 N–H and O–H groups in total. The molecule has 9 heteroatoms. The highest BCUT2D eigenvalue weighted by atomic mass is 35.5. The van der Waals surface area contributed by atoms with Gasteiger partial charge in [0.1, 0.15) is 6.61 Å². The summed E-state index contributed by atoms with van der Waals surface area (Å²) < 4.78 is 17.4. The van der Waals surface area contributed by atoms with Crippen LogP contribution in [0.15, 0.2) is 54.6 Å². The van der Waals surface area contributed by atoms with Gasteiger partial charge in [-0.05, 0) is 54.2 Å². The highest BCUT2D eigenvalue weighted by Crippen LogP contribution is 2.38. The van der Waals surface area contributed by atoms with Crippen LogP contribution in [0.3, 0.4) is 0 Å². The van der Waals surface area contributed by atoms with E-state index in [0.29, 0.717) is 22.9 Å². The molecular weight excluding hydrogens is 531 g/mol. The van der Waals surface area contributed by atoms with E-state index in [1.165, 1.54) is 0 Å². The lowest BCUT2D eigenvalue weighted by atomic mass is 10.2. The molecular formula is C28H36Cl2O6Si. The third kappa shape index (κ3) is 9.91. The average Bonchev–Trinajstić information content (AvgIpc) is 2.83. The molecule has 0 unspecified atom stereocenters. The summed E-state index contributed by atoms with van der Waals surface area (Å²) in [5.41, 5.74) is 1.70. The van der Waals surface area contributed by atoms with Crippen LogP contribution in [0.4, 0.5) is 0 Å². The predicted octanol–water partition coefficient (Wildman–Crippen LogP) is 7.39. The number of halogens is 2. The van der Waals surface area contributed by atoms with Gasteiger partial charge in [-0.1, -0.05) is 92.5 Å². The van der Waals surface area contributed by atoms with Gasteiger partial charge in [-0.3, -0.25) is 0 Å². The van der Waals surface area contributed by atoms with Crippen LogP contribution in [-0.2, 0) is 30.1 Å². The highest BCUT2D eigenvalue weighted by Gasteiger charge is 2.46. The summed E-state index contributed by atoms with van der Waals surface area (Å²) in [4.78, 5) is 25.3. The van der Waals surface area contributed by atoms with Crippen molar-refractivity contribution in [2.24, 2.45) is 0 Å². The van der Waals surface area contributed by atoms with E-state index in [-0.39, 0.29) is 18.3 Å². The molecule has 0 aromatic heterocycles. The molecule has 2 rings (SSSR count). The van der Waals surface area contributed by atoms with E-state index >= 15 is 0 Å². The van der Waals surface area contributed by atoms with Gasteiger partial charge in [0.15, 0.2) is 20.5 Å². The smallest absolute Gasteiger partial charge is 0.338 e. The van der Waals surface area contributed by atoms with Gasteiger partial charge in [0.25, 0.3) is 0 Å². The zero-order chi connectivity index (χ0) is 27.6. The third-order valence-corrected chi connectivity index (χ3v) is 11.5. The summed E-state index contributed by atoms with van der Waals surface area (Å²) >= 11 is 12.0. The van der Waals surface area contributed by atoms with Gasteiger partial charge < -0.3 is 19.0 Å². The van der Waals surface area contributed by atoms with Crippen molar-refractivity contribution in [3.05, 3.63) is 75.8 Å². The molecule has 0 bridgehead atoms. The molecule has 0 saturated carbocycles. The van der Waals surface area contributed by atoms with Gasteiger partial charge in [-0.2, -0.15) is 0 Å². The highest BCUT2D eigenvalue weighted by molar-refractivity contribution is 6.74. The third-order valence-electron chi connectivity index (χ3n) is 6.27. The SMILES string of the molecule is CC(C)(C)[Si](C)(C)O[C@@H](C(=O)O)[C@@H](OCCC/C=C/c1ccc(Cl)c(Cl)c1)C(=O)OCc1ccccc1. The second kappa shape index (κ2) is 14.1. The average molecular weight is 568 g/mol. The number of hydrogen-bond acceptors (Lipinski definition) is 5. The maximum atomic E-state index is 13.0. The Balaban J connectivity index is 2.08. The largest absolute Gasteiger partial charge is 0.479 e. The zero-order valence-corrected chi connectivity index (χ0v) is 24.5. The molecule has 0 aliphatic heterocycles. The van der Waals surface area contributed by atoms with Gasteiger partial charge >= 0.3 is 11.9 Å². The van der Waals surface area contributed by atoms with Gasteiger partial charge in [0, 0.05) is 6.61 Å². The lowest BCUT2D eigenvalue weighted by Gasteiger charge is -2.39. The first kappa shape index (κ1) is 31.1. The number of aliphatic carboxylic acids is 1. The Hall–Kier alpha value is -2.16. The molecule has 0 spiro atoms. The van der Waals surface area contributed by atoms with E-state index in [1.807, 2.05) is 82.4 Å². The van der Waals surface area contributed by atoms with E-state index < -0.39 is 32.5 Å². The summed E-state index contributed by atoms with van der Waals surface area (Å²) in [5.74, 6) is -2.02. The molecule has 0 aliphatic rings. The maximum absolute atomic E-state index is 13.0. The van der Waals surface area contributed by atoms with E-state index in [0.717, 1.165) is 11.1 Å². The first-order valence-electron chi connectivity index (χ1n) is 12.2. The summed E-state index contributed by atoms with van der Waals surface area (Å²) in [7, 11) is -2.53. The van der Waals surface area contributed by atoms with E-state index in [9.17, 15) is 14.7 Å². The number of carboxylic acid groups (broad SMARTS) is 1. The first-order chi connectivity index (χ1) is 17.3. The Morgan fingerprint density at radius 3 is 2.30 bits per heavy atom. The summed E-state index contributed by atoms with van der Waals surface area (Å²) in [6.07, 6.45) is 2.20. The molecule has 2 aromatic carbocycles. The Morgan fingerprint density at radius 2 is 1.70 bits per heavy atom. The number of benzene rings is 2. The number of esters is 1. The first-order valence-corrected chi connectivity index (χ1v) is 15.8. The fourth-order valence-corrected chi connectivity index (χ4v) is 4.59. The Kier molecular flexibility index (Phi) is 11.8. The molecule has 0 saturated heterocycles. The molecule has 0 fully saturated rings. The Labute approximate surface area is 230 Å². The second-order valence-corrected chi connectivity index (χ2v) is 15.8. The normalized spacial score (nSPS) is 13.9. The lowest BCUT2D eigenvalue weighted by Crippen LogP contribution is -2.53. The minimum Gasteiger partial charge on any atom is -0.479 e. The Bertz CT molecular complexity index is 1070. The standard InChI is InChI=1S/C28H36Cl2O6Si/c1-28(2,3)37(4,5)36-24(26(31)32)25(27(33)35-19-21-13-8-6-9-14-21)34-17-11-7-10-12-20-15-16-22(29)23(30)18-20/h6,8-10,12-16,18,24-25H,7,11,17,19H2,1-5H3,(H,31,32)/b12-10+/t24-,25-/m1/s1. The van der Waals surface area contributed by atoms with Crippen LogP contribution in [0.2, 0.25) is 28.2 Å². The van der Waals surface area contributed by atoms with Crippen molar-refractivity contribution in [2.75, 3.05) is 6.61 Å². The fourth-order valence-electron chi connectivity index (χ4n) is 3.07. The van der Waals surface area contributed by atoms with Crippen LogP contribution in [0, 0.1) is 0 Å². The van der Waals surface area contributed by atoms with E-state index in [2.05, 4.69) is 0 Å². The van der Waals surface area contributed by atoms with Crippen molar-refractivity contribution < 1.29 is 28.6 Å². The van der Waals surface area contributed by atoms with Crippen LogP contribution < -0.4 is 0 Å². The molecule has 202 valence electrons. The summed E-state index contributed by atoms with van der Waals surface area (Å²) in [6.45, 7) is 10.0. The topological polar surface area (TPSA) is 82.1 Å². The number of allylic oxidation sites excluding steroid dienone is 1. The van der Waals surface area contributed by atoms with E-state index in [1.54, 1.807) is 12.1 Å². The molecule has 0 radical (unpaired) electrons. The molecule has 37 heavy (non-hydrogen) atoms. The number of carbonyl (C=O) groups is 2. The number of unbranched alkanes of at least 4 members (excludes halogenated alkanes) is 1. The number of rotatable bonds is 13. The Morgan fingerprint density at radius 1 is 1.03 bits per heavy atom. The number of carboxylic acids is 1. The van der Waals surface area contributed by atoms with Crippen molar-refractivity contribution in [3.63, 3.8) is 0 Å². The quantitative estimate of drug-likeness (QED) is 0.154. The van der Waals surface area contributed by atoms with Crippen LogP contribution >= 0.6 is 23.2 Å². The number of ether oxygens (including phenoxy) is 2. The van der Waals surface area contributed by atoms with Crippen molar-refractivity contribution in [1.82, 2.24) is 0 Å². The monoisotopic (exact) mass is 566 g/mol. The molecule has 2 aromatic rings. The van der Waals surface area contributed by atoms with Crippen LogP contribution in [0.1, 0.15) is 44.7 Å². The molecule has 0 amide bonds. The number of hydrogen-bond donors (Lipinski definition) is 1. The summed E-state index contributed by atoms with van der Waals surface area (Å²) in [6, 6.07) is 14.5. The van der Waals surface area contributed by atoms with Gasteiger partial charge in [-0.15, -0.1) is 0 Å². The van der Waals surface area contributed by atoms with Gasteiger partial charge in [0.05, 0.1) is 10.0 Å². The van der Waals surface area contributed by atoms with Crippen molar-refractivity contribution >= 4 is 49.5 Å². The summed E-state index contributed by atoms with van der Waals surface area (Å²) in [5, 5.41) is 10.7. The predicted molar refractivity (Wildman–Crippen MR) is 150 cm³/mol. The molecule has 6 nitrogen and oxygen atoms in total. The van der Waals surface area contributed by atoms with Crippen LogP contribution in [-0.4, -0.2) is 44.2 Å². The van der Waals surface area contributed by atoms with Crippen molar-refractivity contribution in [2.45, 2.75) is 70.6 Å². The van der Waals surface area contributed by atoms with Crippen molar-refractivity contribution in [3.8, 4) is 0 Å². The zero-order valence-electron chi connectivity index (χ0n) is 22.0. The fraction of sp³-hybridized carbons (Fsp3) is 0.429. The minimum absolute atomic E-state index is 0.0123. The minimum atomic E-state index is -2.53. The lowest BCUT2D eigenvalue weighted by molar-refractivity contribution is -0.174. The van der Waals surface area contributed by atoms with Crippen LogP contribution in [0.5, 0.6) is 0 Å². The number of carbonyl (C=O) groups excluding carboxylic acids is 1. The van der Waals surface area contributed by atoms with E-state index in [4.69, 9.17) is 37.1 Å². The molecule has 0 heterocycles.